The van der Waals surface area contributed by atoms with Gasteiger partial charge in [-0.05, 0) is 175 Å². The highest BCUT2D eigenvalue weighted by molar-refractivity contribution is 6.25. The number of anilines is 6. The summed E-state index contributed by atoms with van der Waals surface area (Å²) >= 11 is 0. The fourth-order valence-electron chi connectivity index (χ4n) is 10.4. The van der Waals surface area contributed by atoms with Gasteiger partial charge in [0.2, 0.25) is 0 Å². The number of rotatable bonds is 6. The van der Waals surface area contributed by atoms with Crippen LogP contribution in [0.2, 0.25) is 0 Å². The van der Waals surface area contributed by atoms with Crippen molar-refractivity contribution in [1.29, 1.82) is 0 Å². The predicted octanol–water partition coefficient (Wildman–Crippen LogP) is 16.8. The summed E-state index contributed by atoms with van der Waals surface area (Å²) in [6, 6.07) is 68.6. The van der Waals surface area contributed by atoms with Crippen LogP contribution < -0.4 is 9.80 Å². The van der Waals surface area contributed by atoms with Crippen molar-refractivity contribution in [3.63, 3.8) is 0 Å². The van der Waals surface area contributed by atoms with E-state index in [1.165, 1.54) is 97.7 Å². The maximum absolute atomic E-state index is 2.48. The number of nitrogens with zero attached hydrogens (tertiary/aromatic N) is 2. The Balaban J connectivity index is 1.11. The average Bonchev–Trinajstić information content (AvgIpc) is 3.24. The highest BCUT2D eigenvalue weighted by atomic mass is 15.2. The lowest BCUT2D eigenvalue weighted by atomic mass is 9.93. The van der Waals surface area contributed by atoms with Crippen molar-refractivity contribution in [3.05, 3.63) is 204 Å². The van der Waals surface area contributed by atoms with E-state index in [1.54, 1.807) is 0 Å². The van der Waals surface area contributed by atoms with Crippen molar-refractivity contribution in [2.75, 3.05) is 9.80 Å². The first-order valence-corrected chi connectivity index (χ1v) is 21.0. The molecule has 0 bridgehead atoms. The quantitative estimate of drug-likeness (QED) is 0.156. The van der Waals surface area contributed by atoms with E-state index >= 15 is 0 Å². The van der Waals surface area contributed by atoms with Crippen LogP contribution >= 0.6 is 0 Å². The highest BCUT2D eigenvalue weighted by Crippen LogP contribution is 2.48. The van der Waals surface area contributed by atoms with Crippen molar-refractivity contribution in [2.45, 2.75) is 27.7 Å². The largest absolute Gasteiger partial charge is 0.310 e. The zero-order chi connectivity index (χ0) is 40.2. The monoisotopic (exact) mass is 766 g/mol. The Morgan fingerprint density at radius 3 is 0.850 bits per heavy atom. The minimum absolute atomic E-state index is 1.14. The number of hydrogen-bond donors (Lipinski definition) is 0. The van der Waals surface area contributed by atoms with Gasteiger partial charge in [-0.25, -0.2) is 0 Å². The van der Waals surface area contributed by atoms with E-state index in [0.717, 1.165) is 34.1 Å². The molecule has 2 heteroatoms. The summed E-state index contributed by atoms with van der Waals surface area (Å²) < 4.78 is 0. The molecule has 0 saturated carbocycles. The van der Waals surface area contributed by atoms with E-state index in [2.05, 4.69) is 219 Å². The first kappa shape index (κ1) is 34.6. The van der Waals surface area contributed by atoms with Crippen molar-refractivity contribution in [3.8, 4) is 0 Å². The number of fused-ring (bicyclic) bond motifs is 1. The molecule has 0 spiro atoms. The van der Waals surface area contributed by atoms with Crippen LogP contribution in [0, 0.1) is 27.7 Å². The Kier molecular flexibility index (Phi) is 7.52. The molecule has 0 aromatic heterocycles. The fraction of sp³-hybridized carbons (Fsp3) is 0.0690. The Bertz CT molecular complexity index is 3260. The van der Waals surface area contributed by atoms with Crippen molar-refractivity contribution in [1.82, 2.24) is 0 Å². The minimum Gasteiger partial charge on any atom is -0.310 e. The highest BCUT2D eigenvalue weighted by Gasteiger charge is 2.23. The van der Waals surface area contributed by atoms with E-state index < -0.39 is 0 Å². The lowest BCUT2D eigenvalue weighted by Crippen LogP contribution is -2.13. The van der Waals surface area contributed by atoms with Crippen LogP contribution in [-0.4, -0.2) is 0 Å². The molecular weight excluding hydrogens is 725 g/mol. The maximum atomic E-state index is 2.48. The van der Waals surface area contributed by atoms with E-state index in [1.807, 2.05) is 0 Å². The summed E-state index contributed by atoms with van der Waals surface area (Å²) in [4.78, 5) is 4.96. The van der Waals surface area contributed by atoms with Crippen LogP contribution in [0.1, 0.15) is 22.3 Å². The maximum Gasteiger partial charge on any atom is 0.0540 e. The summed E-state index contributed by atoms with van der Waals surface area (Å²) in [5, 5.41) is 17.8. The molecule has 0 unspecified atom stereocenters. The molecule has 12 rings (SSSR count). The molecule has 0 amide bonds. The van der Waals surface area contributed by atoms with Crippen LogP contribution in [0.4, 0.5) is 34.1 Å². The van der Waals surface area contributed by atoms with E-state index in [4.69, 9.17) is 0 Å². The van der Waals surface area contributed by atoms with Gasteiger partial charge >= 0.3 is 0 Å². The van der Waals surface area contributed by atoms with Gasteiger partial charge in [0.05, 0.1) is 11.4 Å². The molecule has 0 aliphatic heterocycles. The standard InChI is InChI=1S/C58H42N2/c1-35-25-36(2)28-47(27-35)59(49-31-43-21-17-39-9-5-10-40-18-22-44(32-49)57(43)55(39)40)53-15-7-14-52-51(53)13-8-16-54(52)60(48-29-37(3)26-38(4)30-48)50-33-45-23-19-41-11-6-12-42-20-24-46(34-50)58(45)56(41)42/h5-34H,1-4H3. The van der Waals surface area contributed by atoms with E-state index in [0.29, 0.717) is 0 Å². The molecule has 12 aromatic rings. The Hall–Kier alpha value is -7.42. The molecule has 0 aliphatic carbocycles. The molecule has 0 fully saturated rings. The van der Waals surface area contributed by atoms with Crippen LogP contribution in [0.5, 0.6) is 0 Å². The van der Waals surface area contributed by atoms with E-state index in [-0.39, 0.29) is 0 Å². The van der Waals surface area contributed by atoms with Crippen LogP contribution in [0.15, 0.2) is 182 Å². The SMILES string of the molecule is Cc1cc(C)cc(N(c2cc3ccc4cccc5ccc(c2)c3c45)c2cccc3c(N(c4cc(C)cc(C)c4)c4cc5ccc6cccc7ccc(c4)c5c67)cccc23)c1. The van der Waals surface area contributed by atoms with Gasteiger partial charge in [0, 0.05) is 33.5 Å². The third kappa shape index (κ3) is 5.34. The van der Waals surface area contributed by atoms with Gasteiger partial charge in [-0.1, -0.05) is 121 Å². The van der Waals surface area contributed by atoms with Crippen molar-refractivity contribution in [2.24, 2.45) is 0 Å². The fourth-order valence-corrected chi connectivity index (χ4v) is 10.4. The van der Waals surface area contributed by atoms with Crippen molar-refractivity contribution >= 4 is 110 Å². The third-order valence-electron chi connectivity index (χ3n) is 12.7. The van der Waals surface area contributed by atoms with Gasteiger partial charge in [-0.2, -0.15) is 0 Å². The molecule has 0 heterocycles. The van der Waals surface area contributed by atoms with Gasteiger partial charge in [-0.3, -0.25) is 0 Å². The van der Waals surface area contributed by atoms with Crippen LogP contribution in [0.3, 0.4) is 0 Å². The van der Waals surface area contributed by atoms with Crippen molar-refractivity contribution < 1.29 is 0 Å². The molecule has 0 N–H and O–H groups in total. The second-order valence-electron chi connectivity index (χ2n) is 17.0. The lowest BCUT2D eigenvalue weighted by molar-refractivity contribution is 1.26. The topological polar surface area (TPSA) is 6.48 Å². The first-order valence-electron chi connectivity index (χ1n) is 21.0. The Morgan fingerprint density at radius 1 is 0.250 bits per heavy atom. The zero-order valence-electron chi connectivity index (χ0n) is 34.2. The summed E-state index contributed by atoms with van der Waals surface area (Å²) in [6.45, 7) is 8.81. The van der Waals surface area contributed by atoms with Gasteiger partial charge in [-0.15, -0.1) is 0 Å². The zero-order valence-corrected chi connectivity index (χ0v) is 34.2. The van der Waals surface area contributed by atoms with Gasteiger partial charge < -0.3 is 9.80 Å². The smallest absolute Gasteiger partial charge is 0.0540 e. The summed E-state index contributed by atoms with van der Waals surface area (Å²) in [7, 11) is 0. The summed E-state index contributed by atoms with van der Waals surface area (Å²) in [6.07, 6.45) is 0. The molecule has 284 valence electrons. The average molecular weight is 767 g/mol. The lowest BCUT2D eigenvalue weighted by Gasteiger charge is -2.31. The molecule has 0 aliphatic rings. The van der Waals surface area contributed by atoms with Crippen LogP contribution in [-0.2, 0) is 0 Å². The Morgan fingerprint density at radius 2 is 0.517 bits per heavy atom. The minimum atomic E-state index is 1.14. The second kappa shape index (κ2) is 13.0. The molecule has 0 saturated heterocycles. The molecule has 12 aromatic carbocycles. The van der Waals surface area contributed by atoms with E-state index in [9.17, 15) is 0 Å². The van der Waals surface area contributed by atoms with Crippen LogP contribution in [0.25, 0.3) is 75.4 Å². The molecule has 60 heavy (non-hydrogen) atoms. The third-order valence-corrected chi connectivity index (χ3v) is 12.7. The number of hydrogen-bond acceptors (Lipinski definition) is 2. The second-order valence-corrected chi connectivity index (χ2v) is 17.0. The molecule has 0 atom stereocenters. The normalized spacial score (nSPS) is 12.0. The molecule has 2 nitrogen and oxygen atoms in total. The summed E-state index contributed by atoms with van der Waals surface area (Å²) in [5.74, 6) is 0. The Labute approximate surface area is 349 Å². The van der Waals surface area contributed by atoms with Gasteiger partial charge in [0.15, 0.2) is 0 Å². The number of benzene rings is 12. The summed E-state index contributed by atoms with van der Waals surface area (Å²) in [5.41, 5.74) is 11.8. The van der Waals surface area contributed by atoms with Gasteiger partial charge in [0.25, 0.3) is 0 Å². The predicted molar refractivity (Wildman–Crippen MR) is 260 cm³/mol. The first-order chi connectivity index (χ1) is 29.3. The molecule has 0 radical (unpaired) electrons. The molecular formula is C58H42N2. The number of aryl methyl sites for hydroxylation is 4. The van der Waals surface area contributed by atoms with Gasteiger partial charge in [0.1, 0.15) is 0 Å².